The van der Waals surface area contributed by atoms with Gasteiger partial charge in [0.2, 0.25) is 0 Å². The van der Waals surface area contributed by atoms with E-state index in [-0.39, 0.29) is 16.5 Å². The van der Waals surface area contributed by atoms with Crippen molar-refractivity contribution in [3.63, 3.8) is 0 Å². The van der Waals surface area contributed by atoms with Crippen molar-refractivity contribution in [2.24, 2.45) is 0 Å². The molecule has 0 aromatic rings. The zero-order valence-corrected chi connectivity index (χ0v) is 14.7. The van der Waals surface area contributed by atoms with Gasteiger partial charge in [-0.15, -0.1) is 11.8 Å². The van der Waals surface area contributed by atoms with Crippen LogP contribution in [0, 0.1) is 0 Å². The van der Waals surface area contributed by atoms with Gasteiger partial charge < -0.3 is 18.0 Å². The third kappa shape index (κ3) is 5.36. The molecule has 0 aromatic heterocycles. The number of esters is 1. The zero-order chi connectivity index (χ0) is 15.0. The molecule has 0 amide bonds. The van der Waals surface area contributed by atoms with Gasteiger partial charge in [-0.25, -0.2) is 0 Å². The molecule has 1 aliphatic rings. The molecular weight excluding hydrogens is 296 g/mol. The topological polar surface area (TPSA) is 54.0 Å². The molecule has 0 aliphatic carbocycles. The van der Waals surface area contributed by atoms with E-state index in [1.165, 1.54) is 0 Å². The molecule has 0 N–H and O–H groups in total. The van der Waals surface area contributed by atoms with Crippen LogP contribution in [-0.4, -0.2) is 51.7 Å². The Bertz CT molecular complexity index is 285. The molecule has 7 heteroatoms. The quantitative estimate of drug-likeness (QED) is 0.331. The molecule has 1 saturated heterocycles. The van der Waals surface area contributed by atoms with Crippen molar-refractivity contribution in [1.82, 2.24) is 0 Å². The fourth-order valence-electron chi connectivity index (χ4n) is 2.00. The average molecular weight is 322 g/mol. The largest absolute Gasteiger partial charge is 0.502 e. The van der Waals surface area contributed by atoms with E-state index in [4.69, 9.17) is 18.0 Å². The van der Waals surface area contributed by atoms with E-state index < -0.39 is 8.80 Å². The van der Waals surface area contributed by atoms with Gasteiger partial charge in [-0.3, -0.25) is 4.79 Å². The van der Waals surface area contributed by atoms with Crippen LogP contribution in [0.15, 0.2) is 0 Å². The summed E-state index contributed by atoms with van der Waals surface area (Å²) in [6, 6.07) is 0.680. The smallest absolute Gasteiger partial charge is 0.465 e. The van der Waals surface area contributed by atoms with Gasteiger partial charge in [-0.2, -0.15) is 0 Å². The Kier molecular flexibility index (Phi) is 8.12. The third-order valence-corrected chi connectivity index (χ3v) is 7.52. The highest BCUT2D eigenvalue weighted by molar-refractivity contribution is 8.08. The Morgan fingerprint density at radius 1 is 1.05 bits per heavy atom. The van der Waals surface area contributed by atoms with Crippen molar-refractivity contribution in [2.45, 2.75) is 50.7 Å². The first-order valence-electron chi connectivity index (χ1n) is 7.36. The van der Waals surface area contributed by atoms with Crippen LogP contribution >= 0.6 is 11.8 Å². The van der Waals surface area contributed by atoms with Crippen LogP contribution in [0.2, 0.25) is 6.04 Å². The van der Waals surface area contributed by atoms with Gasteiger partial charge in [-0.05, 0) is 27.2 Å². The SMILES string of the molecule is CCCOC(=O)C1SC1C[Si](OCC)(OCC)OCC. The first-order chi connectivity index (χ1) is 9.62. The van der Waals surface area contributed by atoms with E-state index in [1.54, 1.807) is 11.8 Å². The van der Waals surface area contributed by atoms with Crippen LogP contribution in [0.4, 0.5) is 0 Å². The van der Waals surface area contributed by atoms with Crippen molar-refractivity contribution in [3.05, 3.63) is 0 Å². The molecule has 0 saturated carbocycles. The maximum absolute atomic E-state index is 11.8. The molecule has 20 heavy (non-hydrogen) atoms. The lowest BCUT2D eigenvalue weighted by Gasteiger charge is -2.28. The lowest BCUT2D eigenvalue weighted by molar-refractivity contribution is -0.142. The second kappa shape index (κ2) is 9.04. The maximum Gasteiger partial charge on any atom is 0.502 e. The van der Waals surface area contributed by atoms with Crippen molar-refractivity contribution in [3.8, 4) is 0 Å². The van der Waals surface area contributed by atoms with E-state index in [2.05, 4.69) is 0 Å². The number of rotatable bonds is 11. The normalized spacial score (nSPS) is 21.8. The van der Waals surface area contributed by atoms with E-state index >= 15 is 0 Å². The molecule has 0 spiro atoms. The summed E-state index contributed by atoms with van der Waals surface area (Å²) in [5.41, 5.74) is 0. The summed E-state index contributed by atoms with van der Waals surface area (Å²) in [6.07, 6.45) is 0.851. The zero-order valence-electron chi connectivity index (χ0n) is 12.8. The second-order valence-electron chi connectivity index (χ2n) is 4.45. The Hall–Kier alpha value is -0.0831. The first kappa shape index (κ1) is 18.0. The maximum atomic E-state index is 11.8. The van der Waals surface area contributed by atoms with Crippen LogP contribution in [0.1, 0.15) is 34.1 Å². The highest BCUT2D eigenvalue weighted by Gasteiger charge is 2.54. The van der Waals surface area contributed by atoms with Crippen LogP contribution in [0.5, 0.6) is 0 Å². The molecule has 5 nitrogen and oxygen atoms in total. The van der Waals surface area contributed by atoms with Gasteiger partial charge in [0.25, 0.3) is 0 Å². The molecule has 1 fully saturated rings. The Morgan fingerprint density at radius 2 is 1.60 bits per heavy atom. The van der Waals surface area contributed by atoms with Crippen LogP contribution in [-0.2, 0) is 22.8 Å². The molecule has 1 aliphatic heterocycles. The number of thioether (sulfide) groups is 1. The van der Waals surface area contributed by atoms with Crippen molar-refractivity contribution < 1.29 is 22.8 Å². The molecule has 1 heterocycles. The monoisotopic (exact) mass is 322 g/mol. The van der Waals surface area contributed by atoms with Gasteiger partial charge in [0.1, 0.15) is 5.25 Å². The van der Waals surface area contributed by atoms with E-state index in [9.17, 15) is 4.79 Å². The second-order valence-corrected chi connectivity index (χ2v) is 8.47. The van der Waals surface area contributed by atoms with Crippen molar-refractivity contribution >= 4 is 26.5 Å². The average Bonchev–Trinajstić information content (AvgIpc) is 3.16. The van der Waals surface area contributed by atoms with Gasteiger partial charge in [0, 0.05) is 31.1 Å². The Morgan fingerprint density at radius 3 is 2.05 bits per heavy atom. The van der Waals surface area contributed by atoms with Gasteiger partial charge in [0.15, 0.2) is 0 Å². The molecule has 1 rings (SSSR count). The van der Waals surface area contributed by atoms with Gasteiger partial charge in [-0.1, -0.05) is 6.92 Å². The van der Waals surface area contributed by atoms with E-state index in [1.807, 2.05) is 27.7 Å². The summed E-state index contributed by atoms with van der Waals surface area (Å²) >= 11 is 1.62. The molecule has 0 bridgehead atoms. The van der Waals surface area contributed by atoms with Gasteiger partial charge in [0.05, 0.1) is 6.61 Å². The number of carbonyl (C=O) groups is 1. The lowest BCUT2D eigenvalue weighted by atomic mass is 10.3. The number of hydrogen-bond acceptors (Lipinski definition) is 6. The minimum atomic E-state index is -2.64. The predicted molar refractivity (Wildman–Crippen MR) is 81.9 cm³/mol. The fourth-order valence-corrected chi connectivity index (χ4v) is 6.49. The Labute approximate surface area is 127 Å². The highest BCUT2D eigenvalue weighted by atomic mass is 32.2. The fraction of sp³-hybridized carbons (Fsp3) is 0.923. The summed E-state index contributed by atoms with van der Waals surface area (Å²) in [5.74, 6) is -0.116. The molecule has 0 radical (unpaired) electrons. The van der Waals surface area contributed by atoms with Crippen LogP contribution in [0.25, 0.3) is 0 Å². The number of hydrogen-bond donors (Lipinski definition) is 0. The molecule has 0 aromatic carbocycles. The lowest BCUT2D eigenvalue weighted by Crippen LogP contribution is -2.47. The van der Waals surface area contributed by atoms with E-state index in [0.717, 1.165) is 6.42 Å². The summed E-state index contributed by atoms with van der Waals surface area (Å²) in [7, 11) is -2.64. The standard InChI is InChI=1S/C13H26O5SSi/c1-5-9-15-13(14)12-11(19-12)10-20(16-6-2,17-7-3)18-8-4/h11-12H,5-10H2,1-4H3. The molecule has 118 valence electrons. The van der Waals surface area contributed by atoms with Crippen LogP contribution < -0.4 is 0 Å². The minimum absolute atomic E-state index is 0.0743. The first-order valence-corrected chi connectivity index (χ1v) is 10.2. The molecular formula is C13H26O5SSi. The van der Waals surface area contributed by atoms with E-state index in [0.29, 0.717) is 32.5 Å². The summed E-state index contributed by atoms with van der Waals surface area (Å²) < 4.78 is 22.6. The number of ether oxygens (including phenoxy) is 1. The van der Waals surface area contributed by atoms with Crippen molar-refractivity contribution in [2.75, 3.05) is 26.4 Å². The van der Waals surface area contributed by atoms with Gasteiger partial charge >= 0.3 is 14.8 Å². The summed E-state index contributed by atoms with van der Waals surface area (Å²) in [5, 5.41) is 0.130. The Balaban J connectivity index is 2.52. The molecule has 2 unspecified atom stereocenters. The molecule has 2 atom stereocenters. The minimum Gasteiger partial charge on any atom is -0.465 e. The van der Waals surface area contributed by atoms with Crippen LogP contribution in [0.3, 0.4) is 0 Å². The predicted octanol–water partition coefficient (Wildman–Crippen LogP) is 2.47. The summed E-state index contributed by atoms with van der Waals surface area (Å²) in [6.45, 7) is 9.99. The highest BCUT2D eigenvalue weighted by Crippen LogP contribution is 2.47. The summed E-state index contributed by atoms with van der Waals surface area (Å²) in [4.78, 5) is 11.8. The number of carbonyl (C=O) groups excluding carboxylic acids is 1. The van der Waals surface area contributed by atoms with Crippen molar-refractivity contribution in [1.29, 1.82) is 0 Å². The third-order valence-electron chi connectivity index (χ3n) is 2.81.